The maximum Gasteiger partial charge on any atom is 0.490 e. The molecule has 0 unspecified atom stereocenters. The summed E-state index contributed by atoms with van der Waals surface area (Å²) in [4.78, 5) is 18.4. The molecule has 1 aromatic heterocycles. The lowest BCUT2D eigenvalue weighted by atomic mass is 9.96. The summed E-state index contributed by atoms with van der Waals surface area (Å²) in [5.41, 5.74) is 1.32. The van der Waals surface area contributed by atoms with E-state index in [9.17, 15) is 13.2 Å². The van der Waals surface area contributed by atoms with Crippen molar-refractivity contribution in [2.24, 2.45) is 0 Å². The van der Waals surface area contributed by atoms with Crippen LogP contribution in [0.3, 0.4) is 0 Å². The minimum atomic E-state index is -5.08. The van der Waals surface area contributed by atoms with Crippen LogP contribution in [0.15, 0.2) is 42.5 Å². The quantitative estimate of drug-likeness (QED) is 0.536. The predicted octanol–water partition coefficient (Wildman–Crippen LogP) is 5.32. The molecule has 0 aliphatic carbocycles. The number of pyridine rings is 1. The SMILES string of the molecule is C[C@H]1CN(C2CCN(c3cccc(Cl)n3)CC2)[C@@H](Cc2ccc(Cl)cc2)CO1.O=C(O)C(F)(F)F. The Morgan fingerprint density at radius 1 is 1.14 bits per heavy atom. The summed E-state index contributed by atoms with van der Waals surface area (Å²) >= 11 is 12.1. The Kier molecular flexibility index (Phi) is 9.63. The third kappa shape index (κ3) is 8.24. The molecule has 192 valence electrons. The van der Waals surface area contributed by atoms with Crippen LogP contribution in [0.25, 0.3) is 0 Å². The predicted molar refractivity (Wildman–Crippen MR) is 129 cm³/mol. The van der Waals surface area contributed by atoms with Crippen LogP contribution in [0.5, 0.6) is 0 Å². The molecule has 0 bridgehead atoms. The Labute approximate surface area is 212 Å². The monoisotopic (exact) mass is 533 g/mol. The summed E-state index contributed by atoms with van der Waals surface area (Å²) in [7, 11) is 0. The first-order valence-corrected chi connectivity index (χ1v) is 12.1. The van der Waals surface area contributed by atoms with Crippen LogP contribution in [0.1, 0.15) is 25.3 Å². The maximum absolute atomic E-state index is 10.6. The van der Waals surface area contributed by atoms with Crippen molar-refractivity contribution in [3.05, 3.63) is 58.2 Å². The molecular formula is C24H28Cl2F3N3O3. The summed E-state index contributed by atoms with van der Waals surface area (Å²) in [5, 5.41) is 8.47. The number of carboxylic acid groups (broad SMARTS) is 1. The standard InChI is InChI=1S/C22H27Cl2N3O.C2HF3O2/c1-16-14-27(20(15-28-16)13-17-5-7-18(23)8-6-17)19-9-11-26(12-10-19)22-4-2-3-21(24)25-22;3-2(4,5)1(6)7/h2-8,16,19-20H,9-15H2,1H3;(H,6,7)/t16-,20-;/m0./s1. The van der Waals surface area contributed by atoms with Crippen LogP contribution in [-0.4, -0.2) is 71.6 Å². The van der Waals surface area contributed by atoms with Gasteiger partial charge in [-0.2, -0.15) is 13.2 Å². The van der Waals surface area contributed by atoms with E-state index in [0.29, 0.717) is 17.2 Å². The molecule has 11 heteroatoms. The number of carboxylic acids is 1. The fourth-order valence-electron chi connectivity index (χ4n) is 4.39. The van der Waals surface area contributed by atoms with Gasteiger partial charge < -0.3 is 14.7 Å². The summed E-state index contributed by atoms with van der Waals surface area (Å²) in [6.07, 6.45) is -1.52. The van der Waals surface area contributed by atoms with E-state index in [-0.39, 0.29) is 6.10 Å². The number of aromatic nitrogens is 1. The number of ether oxygens (including phenoxy) is 1. The van der Waals surface area contributed by atoms with Crippen molar-refractivity contribution >= 4 is 35.0 Å². The van der Waals surface area contributed by atoms with Crippen LogP contribution in [0.4, 0.5) is 19.0 Å². The number of hydrogen-bond acceptors (Lipinski definition) is 5. The minimum Gasteiger partial charge on any atom is -0.475 e. The van der Waals surface area contributed by atoms with Gasteiger partial charge in [0.25, 0.3) is 0 Å². The van der Waals surface area contributed by atoms with Gasteiger partial charge in [-0.15, -0.1) is 0 Å². The van der Waals surface area contributed by atoms with E-state index in [2.05, 4.69) is 33.8 Å². The molecule has 1 aromatic carbocycles. The molecule has 0 spiro atoms. The van der Waals surface area contributed by atoms with E-state index in [1.54, 1.807) is 0 Å². The van der Waals surface area contributed by atoms with E-state index in [4.69, 9.17) is 37.8 Å². The molecule has 0 saturated carbocycles. The molecule has 1 N–H and O–H groups in total. The van der Waals surface area contributed by atoms with Crippen molar-refractivity contribution in [2.45, 2.75) is 50.6 Å². The van der Waals surface area contributed by atoms with Crippen molar-refractivity contribution < 1.29 is 27.8 Å². The molecule has 6 nitrogen and oxygen atoms in total. The number of benzene rings is 1. The summed E-state index contributed by atoms with van der Waals surface area (Å²) < 4.78 is 37.7. The highest BCUT2D eigenvalue weighted by Gasteiger charge is 2.38. The number of aliphatic carboxylic acids is 1. The van der Waals surface area contributed by atoms with Crippen molar-refractivity contribution in [3.63, 3.8) is 0 Å². The Bertz CT molecular complexity index is 970. The third-order valence-electron chi connectivity index (χ3n) is 6.10. The Morgan fingerprint density at radius 3 is 2.34 bits per heavy atom. The number of alkyl halides is 3. The lowest BCUT2D eigenvalue weighted by molar-refractivity contribution is -0.192. The highest BCUT2D eigenvalue weighted by molar-refractivity contribution is 6.30. The van der Waals surface area contributed by atoms with Crippen LogP contribution >= 0.6 is 23.2 Å². The normalized spacial score (nSPS) is 21.8. The lowest BCUT2D eigenvalue weighted by Crippen LogP contribution is -2.56. The molecule has 2 aliphatic rings. The average Bonchev–Trinajstić information content (AvgIpc) is 2.81. The van der Waals surface area contributed by atoms with Gasteiger partial charge in [-0.25, -0.2) is 9.78 Å². The van der Waals surface area contributed by atoms with Gasteiger partial charge >= 0.3 is 12.1 Å². The molecule has 35 heavy (non-hydrogen) atoms. The summed E-state index contributed by atoms with van der Waals surface area (Å²) in [5.74, 6) is -1.77. The zero-order chi connectivity index (χ0) is 25.6. The first-order chi connectivity index (χ1) is 16.5. The topological polar surface area (TPSA) is 65.9 Å². The van der Waals surface area contributed by atoms with Gasteiger partial charge in [0.05, 0.1) is 12.7 Å². The number of morpholine rings is 1. The van der Waals surface area contributed by atoms with Gasteiger partial charge in [-0.3, -0.25) is 4.90 Å². The Hall–Kier alpha value is -2.07. The molecule has 2 fully saturated rings. The first kappa shape index (κ1) is 27.5. The molecule has 0 radical (unpaired) electrons. The largest absolute Gasteiger partial charge is 0.490 e. The van der Waals surface area contributed by atoms with Gasteiger partial charge in [0.15, 0.2) is 0 Å². The number of anilines is 1. The molecule has 2 aliphatic heterocycles. The Balaban J connectivity index is 0.000000429. The number of nitrogens with zero attached hydrogens (tertiary/aromatic N) is 3. The zero-order valence-electron chi connectivity index (χ0n) is 19.2. The van der Waals surface area contributed by atoms with Gasteiger partial charge in [-0.05, 0) is 56.0 Å². The number of hydrogen-bond donors (Lipinski definition) is 1. The number of piperidine rings is 1. The van der Waals surface area contributed by atoms with Crippen molar-refractivity contribution in [1.29, 1.82) is 0 Å². The van der Waals surface area contributed by atoms with Gasteiger partial charge in [0.1, 0.15) is 11.0 Å². The van der Waals surface area contributed by atoms with E-state index in [1.807, 2.05) is 30.3 Å². The highest BCUT2D eigenvalue weighted by Crippen LogP contribution is 2.27. The summed E-state index contributed by atoms with van der Waals surface area (Å²) in [6.45, 7) is 5.99. The Morgan fingerprint density at radius 2 is 1.77 bits per heavy atom. The van der Waals surface area contributed by atoms with E-state index < -0.39 is 12.1 Å². The smallest absolute Gasteiger partial charge is 0.475 e. The number of halogens is 5. The molecule has 4 rings (SSSR count). The average molecular weight is 534 g/mol. The molecule has 2 atom stereocenters. The fourth-order valence-corrected chi connectivity index (χ4v) is 4.67. The van der Waals surface area contributed by atoms with Gasteiger partial charge in [0.2, 0.25) is 0 Å². The minimum absolute atomic E-state index is 0.286. The van der Waals surface area contributed by atoms with Crippen molar-refractivity contribution in [2.75, 3.05) is 31.1 Å². The molecule has 3 heterocycles. The molecule has 2 saturated heterocycles. The van der Waals surface area contributed by atoms with E-state index in [1.165, 1.54) is 5.56 Å². The van der Waals surface area contributed by atoms with Gasteiger partial charge in [0, 0.05) is 36.7 Å². The van der Waals surface area contributed by atoms with Crippen molar-refractivity contribution in [3.8, 4) is 0 Å². The van der Waals surface area contributed by atoms with E-state index >= 15 is 0 Å². The second-order valence-corrected chi connectivity index (χ2v) is 9.49. The van der Waals surface area contributed by atoms with Crippen LogP contribution < -0.4 is 4.90 Å². The van der Waals surface area contributed by atoms with Crippen LogP contribution in [0.2, 0.25) is 10.2 Å². The second-order valence-electron chi connectivity index (χ2n) is 8.66. The molecular weight excluding hydrogens is 506 g/mol. The number of rotatable bonds is 4. The van der Waals surface area contributed by atoms with Crippen molar-refractivity contribution in [1.82, 2.24) is 9.88 Å². The van der Waals surface area contributed by atoms with E-state index in [0.717, 1.165) is 56.3 Å². The zero-order valence-corrected chi connectivity index (χ0v) is 20.7. The fraction of sp³-hybridized carbons (Fsp3) is 0.500. The molecule has 0 amide bonds. The highest BCUT2D eigenvalue weighted by atomic mass is 35.5. The third-order valence-corrected chi connectivity index (χ3v) is 6.56. The summed E-state index contributed by atoms with van der Waals surface area (Å²) in [6, 6.07) is 15.1. The first-order valence-electron chi connectivity index (χ1n) is 11.3. The number of carbonyl (C=O) groups is 1. The maximum atomic E-state index is 10.6. The molecule has 2 aromatic rings. The van der Waals surface area contributed by atoms with Crippen LogP contribution in [0, 0.1) is 0 Å². The van der Waals surface area contributed by atoms with Crippen LogP contribution in [-0.2, 0) is 16.0 Å². The second kappa shape index (κ2) is 12.3. The lowest BCUT2D eigenvalue weighted by Gasteiger charge is -2.46. The van der Waals surface area contributed by atoms with Gasteiger partial charge in [-0.1, -0.05) is 41.4 Å².